The fourth-order valence-corrected chi connectivity index (χ4v) is 2.07. The fourth-order valence-electron chi connectivity index (χ4n) is 2.07. The average molecular weight is 244 g/mol. The Kier molecular flexibility index (Phi) is 3.19. The Labute approximate surface area is 106 Å². The number of rotatable bonds is 3. The normalized spacial score (nSPS) is 10.6. The van der Waals surface area contributed by atoms with Crippen LogP contribution >= 0.6 is 0 Å². The lowest BCUT2D eigenvalue weighted by atomic mass is 10.1. The number of hydrogen-bond donors (Lipinski definition) is 1. The standard InChI is InChI=1S/C14H16N2O2/c1-9-4-5-13(10(2)6-9)16-11(3)12(8-15-16)7-14(17)18/h4-6,8H,7H2,1-3H3,(H,17,18). The average Bonchev–Trinajstić information content (AvgIpc) is 2.60. The summed E-state index contributed by atoms with van der Waals surface area (Å²) in [7, 11) is 0. The Balaban J connectivity index is 2.45. The molecule has 4 heteroatoms. The number of carboxylic acid groups (broad SMARTS) is 1. The van der Waals surface area contributed by atoms with Crippen molar-refractivity contribution in [3.05, 3.63) is 46.8 Å². The molecule has 0 saturated heterocycles. The molecule has 0 amide bonds. The van der Waals surface area contributed by atoms with Gasteiger partial charge in [-0.15, -0.1) is 0 Å². The zero-order chi connectivity index (χ0) is 13.3. The largest absolute Gasteiger partial charge is 0.481 e. The summed E-state index contributed by atoms with van der Waals surface area (Å²) in [4.78, 5) is 10.7. The minimum atomic E-state index is -0.835. The van der Waals surface area contributed by atoms with Crippen LogP contribution in [-0.4, -0.2) is 20.9 Å². The molecule has 0 bridgehead atoms. The molecule has 0 spiro atoms. The lowest BCUT2D eigenvalue weighted by Crippen LogP contribution is -2.04. The van der Waals surface area contributed by atoms with Crippen molar-refractivity contribution < 1.29 is 9.90 Å². The second-order valence-corrected chi connectivity index (χ2v) is 4.53. The maximum Gasteiger partial charge on any atom is 0.307 e. The van der Waals surface area contributed by atoms with Gasteiger partial charge in [-0.2, -0.15) is 5.10 Å². The number of aromatic nitrogens is 2. The Morgan fingerprint density at radius 2 is 2.06 bits per heavy atom. The molecule has 0 aliphatic rings. The first-order valence-corrected chi connectivity index (χ1v) is 5.82. The lowest BCUT2D eigenvalue weighted by molar-refractivity contribution is -0.136. The zero-order valence-electron chi connectivity index (χ0n) is 10.8. The number of aryl methyl sites for hydroxylation is 2. The van der Waals surface area contributed by atoms with E-state index in [1.807, 2.05) is 32.9 Å². The summed E-state index contributed by atoms with van der Waals surface area (Å²) in [6.45, 7) is 5.97. The molecule has 2 rings (SSSR count). The number of benzene rings is 1. The van der Waals surface area contributed by atoms with Gasteiger partial charge in [0.05, 0.1) is 18.3 Å². The van der Waals surface area contributed by atoms with Crippen molar-refractivity contribution in [2.45, 2.75) is 27.2 Å². The highest BCUT2D eigenvalue weighted by atomic mass is 16.4. The summed E-state index contributed by atoms with van der Waals surface area (Å²) >= 11 is 0. The molecule has 1 heterocycles. The van der Waals surface area contributed by atoms with E-state index in [2.05, 4.69) is 11.2 Å². The Morgan fingerprint density at radius 1 is 1.33 bits per heavy atom. The van der Waals surface area contributed by atoms with Crippen LogP contribution in [0.5, 0.6) is 0 Å². The monoisotopic (exact) mass is 244 g/mol. The first-order valence-electron chi connectivity index (χ1n) is 5.82. The van der Waals surface area contributed by atoms with Gasteiger partial charge in [0.1, 0.15) is 0 Å². The van der Waals surface area contributed by atoms with Crippen molar-refractivity contribution in [2.75, 3.05) is 0 Å². The molecular formula is C14H16N2O2. The summed E-state index contributed by atoms with van der Waals surface area (Å²) in [6, 6.07) is 6.13. The molecule has 18 heavy (non-hydrogen) atoms. The number of carbonyl (C=O) groups is 1. The number of nitrogens with zero attached hydrogens (tertiary/aromatic N) is 2. The Morgan fingerprint density at radius 3 is 2.67 bits per heavy atom. The Hall–Kier alpha value is -2.10. The van der Waals surface area contributed by atoms with E-state index < -0.39 is 5.97 Å². The van der Waals surface area contributed by atoms with Gasteiger partial charge in [-0.05, 0) is 32.4 Å². The molecule has 4 nitrogen and oxygen atoms in total. The number of hydrogen-bond acceptors (Lipinski definition) is 2. The van der Waals surface area contributed by atoms with E-state index in [1.54, 1.807) is 10.9 Å². The van der Waals surface area contributed by atoms with Crippen LogP contribution in [0.15, 0.2) is 24.4 Å². The van der Waals surface area contributed by atoms with Gasteiger partial charge in [0.25, 0.3) is 0 Å². The van der Waals surface area contributed by atoms with Gasteiger partial charge in [0.15, 0.2) is 0 Å². The van der Waals surface area contributed by atoms with Gasteiger partial charge in [0.2, 0.25) is 0 Å². The van der Waals surface area contributed by atoms with Crippen LogP contribution in [0, 0.1) is 20.8 Å². The van der Waals surface area contributed by atoms with Gasteiger partial charge in [-0.25, -0.2) is 4.68 Å². The smallest absolute Gasteiger partial charge is 0.307 e. The molecule has 1 N–H and O–H groups in total. The molecule has 0 fully saturated rings. The van der Waals surface area contributed by atoms with Crippen molar-refractivity contribution in [1.29, 1.82) is 0 Å². The van der Waals surface area contributed by atoms with E-state index in [-0.39, 0.29) is 6.42 Å². The third-order valence-electron chi connectivity index (χ3n) is 3.03. The number of carboxylic acids is 1. The maximum absolute atomic E-state index is 10.7. The molecule has 0 aliphatic carbocycles. The lowest BCUT2D eigenvalue weighted by Gasteiger charge is -2.09. The van der Waals surface area contributed by atoms with Crippen LogP contribution in [0.2, 0.25) is 0 Å². The SMILES string of the molecule is Cc1ccc(-n2ncc(CC(=O)O)c2C)c(C)c1. The van der Waals surface area contributed by atoms with Crippen molar-refractivity contribution >= 4 is 5.97 Å². The van der Waals surface area contributed by atoms with E-state index in [4.69, 9.17) is 5.11 Å². The van der Waals surface area contributed by atoms with E-state index >= 15 is 0 Å². The molecule has 0 unspecified atom stereocenters. The molecule has 2 aromatic rings. The highest BCUT2D eigenvalue weighted by Crippen LogP contribution is 2.19. The summed E-state index contributed by atoms with van der Waals surface area (Å²) in [5.41, 5.74) is 4.96. The molecule has 0 atom stereocenters. The maximum atomic E-state index is 10.7. The second-order valence-electron chi connectivity index (χ2n) is 4.53. The van der Waals surface area contributed by atoms with Crippen molar-refractivity contribution in [3.8, 4) is 5.69 Å². The minimum absolute atomic E-state index is 0.0107. The highest BCUT2D eigenvalue weighted by Gasteiger charge is 2.12. The van der Waals surface area contributed by atoms with E-state index in [0.29, 0.717) is 0 Å². The molecule has 1 aromatic heterocycles. The first-order chi connectivity index (χ1) is 8.49. The van der Waals surface area contributed by atoms with Gasteiger partial charge in [0, 0.05) is 11.3 Å². The fraction of sp³-hybridized carbons (Fsp3) is 0.286. The summed E-state index contributed by atoms with van der Waals surface area (Å²) in [5.74, 6) is -0.835. The van der Waals surface area contributed by atoms with Crippen molar-refractivity contribution in [2.24, 2.45) is 0 Å². The van der Waals surface area contributed by atoms with Crippen LogP contribution in [0.25, 0.3) is 5.69 Å². The van der Waals surface area contributed by atoms with Gasteiger partial charge < -0.3 is 5.11 Å². The molecule has 1 aromatic carbocycles. The van der Waals surface area contributed by atoms with Crippen LogP contribution in [0.4, 0.5) is 0 Å². The summed E-state index contributed by atoms with van der Waals surface area (Å²) < 4.78 is 1.80. The molecular weight excluding hydrogens is 228 g/mol. The number of aliphatic carboxylic acids is 1. The van der Waals surface area contributed by atoms with Gasteiger partial charge in [-0.1, -0.05) is 17.7 Å². The molecule has 0 radical (unpaired) electrons. The van der Waals surface area contributed by atoms with Crippen LogP contribution in [-0.2, 0) is 11.2 Å². The first kappa shape index (κ1) is 12.4. The molecule has 94 valence electrons. The highest BCUT2D eigenvalue weighted by molar-refractivity contribution is 5.70. The third kappa shape index (κ3) is 2.27. The summed E-state index contributed by atoms with van der Waals surface area (Å²) in [6.07, 6.45) is 1.64. The topological polar surface area (TPSA) is 55.1 Å². The Bertz CT molecular complexity index is 600. The molecule has 0 aliphatic heterocycles. The second kappa shape index (κ2) is 4.64. The molecule has 0 saturated carbocycles. The predicted molar refractivity (Wildman–Crippen MR) is 69.1 cm³/mol. The van der Waals surface area contributed by atoms with Crippen molar-refractivity contribution in [3.63, 3.8) is 0 Å². The van der Waals surface area contributed by atoms with Crippen LogP contribution in [0.1, 0.15) is 22.4 Å². The van der Waals surface area contributed by atoms with E-state index in [1.165, 1.54) is 5.56 Å². The quantitative estimate of drug-likeness (QED) is 0.902. The van der Waals surface area contributed by atoms with E-state index in [9.17, 15) is 4.79 Å². The van der Waals surface area contributed by atoms with E-state index in [0.717, 1.165) is 22.5 Å². The van der Waals surface area contributed by atoms with Crippen LogP contribution in [0.3, 0.4) is 0 Å². The zero-order valence-corrected chi connectivity index (χ0v) is 10.8. The van der Waals surface area contributed by atoms with Crippen molar-refractivity contribution in [1.82, 2.24) is 9.78 Å². The van der Waals surface area contributed by atoms with Gasteiger partial charge in [-0.3, -0.25) is 4.79 Å². The predicted octanol–water partition coefficient (Wildman–Crippen LogP) is 2.42. The van der Waals surface area contributed by atoms with Crippen LogP contribution < -0.4 is 0 Å². The third-order valence-corrected chi connectivity index (χ3v) is 3.03. The minimum Gasteiger partial charge on any atom is -0.481 e. The summed E-state index contributed by atoms with van der Waals surface area (Å²) in [5, 5.41) is 13.1. The van der Waals surface area contributed by atoms with Gasteiger partial charge >= 0.3 is 5.97 Å².